The first-order chi connectivity index (χ1) is 16.4. The summed E-state index contributed by atoms with van der Waals surface area (Å²) in [5.41, 5.74) is 0.986. The molecule has 3 rings (SSSR count). The number of esters is 4. The van der Waals surface area contributed by atoms with Gasteiger partial charge in [0, 0.05) is 5.57 Å². The third-order valence-corrected chi connectivity index (χ3v) is 5.60. The minimum Gasteiger partial charge on any atom is -0.469 e. The monoisotopic (exact) mass is 464 g/mol. The van der Waals surface area contributed by atoms with Crippen LogP contribution >= 0.6 is 0 Å². The summed E-state index contributed by atoms with van der Waals surface area (Å²) in [5, 5.41) is 0. The average molecular weight is 464 g/mol. The summed E-state index contributed by atoms with van der Waals surface area (Å²) in [4.78, 5) is 52.6. The number of rotatable bonds is 6. The highest BCUT2D eigenvalue weighted by molar-refractivity contribution is 6.23. The van der Waals surface area contributed by atoms with Gasteiger partial charge in [-0.15, -0.1) is 0 Å². The molecule has 0 radical (unpaired) electrons. The molecule has 34 heavy (non-hydrogen) atoms. The summed E-state index contributed by atoms with van der Waals surface area (Å²) < 4.78 is 20.1. The zero-order valence-corrected chi connectivity index (χ0v) is 19.2. The second-order valence-electron chi connectivity index (χ2n) is 7.29. The van der Waals surface area contributed by atoms with E-state index in [1.54, 1.807) is 60.7 Å². The van der Waals surface area contributed by atoms with Crippen molar-refractivity contribution in [3.05, 3.63) is 82.9 Å². The predicted octanol–water partition coefficient (Wildman–Crippen LogP) is 2.83. The van der Waals surface area contributed by atoms with Crippen molar-refractivity contribution < 1.29 is 38.1 Å². The van der Waals surface area contributed by atoms with Crippen molar-refractivity contribution in [1.29, 1.82) is 0 Å². The molecule has 0 bridgehead atoms. The lowest BCUT2D eigenvalue weighted by Gasteiger charge is -2.34. The molecular weight excluding hydrogens is 440 g/mol. The second-order valence-corrected chi connectivity index (χ2v) is 7.29. The number of hydrogen-bond acceptors (Lipinski definition) is 8. The fourth-order valence-electron chi connectivity index (χ4n) is 4.17. The fourth-order valence-corrected chi connectivity index (χ4v) is 4.17. The molecule has 0 aliphatic heterocycles. The van der Waals surface area contributed by atoms with Crippen molar-refractivity contribution in [2.75, 3.05) is 28.4 Å². The Balaban J connectivity index is 2.60. The molecule has 176 valence electrons. The van der Waals surface area contributed by atoms with E-state index in [1.165, 1.54) is 7.11 Å². The Morgan fingerprint density at radius 1 is 0.588 bits per heavy atom. The van der Waals surface area contributed by atoms with Crippen LogP contribution in [0.5, 0.6) is 0 Å². The summed E-state index contributed by atoms with van der Waals surface area (Å²) >= 11 is 0. The van der Waals surface area contributed by atoms with E-state index in [0.29, 0.717) is 11.1 Å². The minimum absolute atomic E-state index is 0.0455. The highest BCUT2D eigenvalue weighted by Crippen LogP contribution is 2.49. The average Bonchev–Trinajstić information content (AvgIpc) is 2.90. The Hall–Kier alpha value is -4.20. The minimum atomic E-state index is -1.44. The molecule has 0 amide bonds. The van der Waals surface area contributed by atoms with Gasteiger partial charge in [0.15, 0.2) is 0 Å². The molecule has 2 aromatic carbocycles. The lowest BCUT2D eigenvalue weighted by atomic mass is 9.68. The number of benzene rings is 2. The van der Waals surface area contributed by atoms with Gasteiger partial charge in [0.2, 0.25) is 0 Å². The zero-order chi connectivity index (χ0) is 24.8. The van der Waals surface area contributed by atoms with Crippen LogP contribution in [0.15, 0.2) is 71.8 Å². The van der Waals surface area contributed by atoms with Gasteiger partial charge in [0.25, 0.3) is 0 Å². The van der Waals surface area contributed by atoms with E-state index in [4.69, 9.17) is 18.9 Å². The van der Waals surface area contributed by atoms with Crippen LogP contribution in [0.25, 0.3) is 11.1 Å². The van der Waals surface area contributed by atoms with Crippen LogP contribution in [-0.2, 0) is 38.1 Å². The molecule has 1 aliphatic rings. The van der Waals surface area contributed by atoms with Gasteiger partial charge >= 0.3 is 23.9 Å². The molecule has 0 spiro atoms. The van der Waals surface area contributed by atoms with Gasteiger partial charge < -0.3 is 18.9 Å². The molecule has 0 aromatic heterocycles. The number of ether oxygens (including phenoxy) is 4. The van der Waals surface area contributed by atoms with Gasteiger partial charge in [0.05, 0.1) is 39.6 Å². The first-order valence-electron chi connectivity index (χ1n) is 10.3. The van der Waals surface area contributed by atoms with Crippen molar-refractivity contribution in [3.8, 4) is 0 Å². The van der Waals surface area contributed by atoms with E-state index in [0.717, 1.165) is 21.3 Å². The standard InChI is InChI=1S/C26H24O8/c1-31-23(27)19-17(15-11-7-5-8-12-15)20(24(28)32-2)22(26(30)34-4)21(25(29)33-3)18(19)16-13-9-6-10-14-16/h5-14,20,22H,1-4H3. The molecule has 0 heterocycles. The Morgan fingerprint density at radius 3 is 1.53 bits per heavy atom. The van der Waals surface area contributed by atoms with Gasteiger partial charge in [-0.2, -0.15) is 0 Å². The number of carbonyl (C=O) groups is 4. The van der Waals surface area contributed by atoms with Crippen LogP contribution in [0.3, 0.4) is 0 Å². The van der Waals surface area contributed by atoms with E-state index >= 15 is 0 Å². The molecule has 0 saturated carbocycles. The summed E-state index contributed by atoms with van der Waals surface area (Å²) in [6, 6.07) is 17.1. The van der Waals surface area contributed by atoms with Crippen LogP contribution in [0.2, 0.25) is 0 Å². The second kappa shape index (κ2) is 10.6. The van der Waals surface area contributed by atoms with Crippen molar-refractivity contribution in [1.82, 2.24) is 0 Å². The van der Waals surface area contributed by atoms with Crippen LogP contribution in [0, 0.1) is 11.8 Å². The van der Waals surface area contributed by atoms with Crippen molar-refractivity contribution in [2.45, 2.75) is 0 Å². The molecule has 0 saturated heterocycles. The third-order valence-electron chi connectivity index (χ3n) is 5.60. The van der Waals surface area contributed by atoms with E-state index in [2.05, 4.69) is 0 Å². The SMILES string of the molecule is COC(=O)C1=C(c2ccccc2)C(C(=O)OC)C(C(=O)OC)C(C(=O)OC)=C1c1ccccc1. The van der Waals surface area contributed by atoms with E-state index < -0.39 is 35.7 Å². The van der Waals surface area contributed by atoms with E-state index in [1.807, 2.05) is 0 Å². The smallest absolute Gasteiger partial charge is 0.338 e. The van der Waals surface area contributed by atoms with E-state index in [-0.39, 0.29) is 22.3 Å². The number of hydrogen-bond donors (Lipinski definition) is 0. The number of carbonyl (C=O) groups excluding carboxylic acids is 4. The quantitative estimate of drug-likeness (QED) is 0.475. The van der Waals surface area contributed by atoms with Gasteiger partial charge in [-0.3, -0.25) is 9.59 Å². The van der Waals surface area contributed by atoms with Crippen LogP contribution in [0.4, 0.5) is 0 Å². The van der Waals surface area contributed by atoms with Gasteiger partial charge in [0.1, 0.15) is 11.8 Å². The highest BCUT2D eigenvalue weighted by atomic mass is 16.5. The Kier molecular flexibility index (Phi) is 7.63. The third kappa shape index (κ3) is 4.34. The number of methoxy groups -OCH3 is 4. The van der Waals surface area contributed by atoms with Crippen LogP contribution in [-0.4, -0.2) is 52.3 Å². The van der Waals surface area contributed by atoms with E-state index in [9.17, 15) is 19.2 Å². The molecule has 2 aromatic rings. The molecule has 1 aliphatic carbocycles. The maximum atomic E-state index is 13.3. The Morgan fingerprint density at radius 2 is 1.06 bits per heavy atom. The van der Waals surface area contributed by atoms with Gasteiger partial charge in [-0.25, -0.2) is 9.59 Å². The van der Waals surface area contributed by atoms with Crippen molar-refractivity contribution in [2.24, 2.45) is 11.8 Å². The summed E-state index contributed by atoms with van der Waals surface area (Å²) in [5.74, 6) is -6.20. The molecule has 8 nitrogen and oxygen atoms in total. The summed E-state index contributed by atoms with van der Waals surface area (Å²) in [6.07, 6.45) is 0. The summed E-state index contributed by atoms with van der Waals surface area (Å²) in [7, 11) is 4.65. The summed E-state index contributed by atoms with van der Waals surface area (Å²) in [6.45, 7) is 0. The topological polar surface area (TPSA) is 105 Å². The molecular formula is C26H24O8. The maximum absolute atomic E-state index is 13.3. The first-order valence-corrected chi connectivity index (χ1v) is 10.3. The molecule has 0 N–H and O–H groups in total. The molecule has 8 heteroatoms. The molecule has 2 atom stereocenters. The lowest BCUT2D eigenvalue weighted by molar-refractivity contribution is -0.155. The first kappa shape index (κ1) is 24.4. The van der Waals surface area contributed by atoms with Crippen molar-refractivity contribution >= 4 is 35.0 Å². The zero-order valence-electron chi connectivity index (χ0n) is 19.2. The highest BCUT2D eigenvalue weighted by Gasteiger charge is 2.51. The molecule has 0 fully saturated rings. The normalized spacial score (nSPS) is 17.6. The fraction of sp³-hybridized carbons (Fsp3) is 0.231. The predicted molar refractivity (Wildman–Crippen MR) is 122 cm³/mol. The van der Waals surface area contributed by atoms with Crippen LogP contribution in [0.1, 0.15) is 11.1 Å². The van der Waals surface area contributed by atoms with Crippen LogP contribution < -0.4 is 0 Å². The van der Waals surface area contributed by atoms with Gasteiger partial charge in [-0.05, 0) is 16.7 Å². The van der Waals surface area contributed by atoms with Crippen molar-refractivity contribution in [3.63, 3.8) is 0 Å². The lowest BCUT2D eigenvalue weighted by Crippen LogP contribution is -2.40. The Labute approximate surface area is 196 Å². The van der Waals surface area contributed by atoms with Gasteiger partial charge in [-0.1, -0.05) is 60.7 Å². The Bertz CT molecular complexity index is 1160. The maximum Gasteiger partial charge on any atom is 0.338 e. The molecule has 2 unspecified atom stereocenters. The largest absolute Gasteiger partial charge is 0.469 e.